The standard InChI is InChI=1S/C16H14N2O5S/c19-9-12(20)10-23-24(21,22)13-6-7-14-15(8-13)18-16(17-14)11-4-2-1-3-5-11/h1-8,19H,9-10H2,(H,17,18). The van der Waals surface area contributed by atoms with Crippen LogP contribution in [0.1, 0.15) is 0 Å². The van der Waals surface area contributed by atoms with Gasteiger partial charge in [0.2, 0.25) is 0 Å². The van der Waals surface area contributed by atoms with Gasteiger partial charge in [0.1, 0.15) is 19.0 Å². The first-order chi connectivity index (χ1) is 11.5. The van der Waals surface area contributed by atoms with Crippen LogP contribution in [0.2, 0.25) is 0 Å². The number of carbonyl (C=O) groups excluding carboxylic acids is 1. The zero-order valence-corrected chi connectivity index (χ0v) is 13.3. The third-order valence-corrected chi connectivity index (χ3v) is 4.60. The maximum absolute atomic E-state index is 12.1. The van der Waals surface area contributed by atoms with E-state index in [1.54, 1.807) is 6.07 Å². The monoisotopic (exact) mass is 346 g/mol. The number of nitrogens with zero attached hydrogens (tertiary/aromatic N) is 1. The van der Waals surface area contributed by atoms with E-state index in [1.165, 1.54) is 12.1 Å². The fourth-order valence-corrected chi connectivity index (χ4v) is 3.05. The van der Waals surface area contributed by atoms with Crippen LogP contribution < -0.4 is 0 Å². The Bertz CT molecular complexity index is 980. The van der Waals surface area contributed by atoms with Gasteiger partial charge in [0.05, 0.1) is 15.9 Å². The van der Waals surface area contributed by atoms with Crippen molar-refractivity contribution in [3.05, 3.63) is 48.5 Å². The summed E-state index contributed by atoms with van der Waals surface area (Å²) in [6, 6.07) is 13.7. The van der Waals surface area contributed by atoms with Crippen LogP contribution in [-0.4, -0.2) is 42.5 Å². The van der Waals surface area contributed by atoms with Crippen LogP contribution in [0.4, 0.5) is 0 Å². The average Bonchev–Trinajstić information content (AvgIpc) is 3.03. The summed E-state index contributed by atoms with van der Waals surface area (Å²) in [6.07, 6.45) is 0. The molecule has 3 rings (SSSR count). The van der Waals surface area contributed by atoms with Crippen LogP contribution in [0.5, 0.6) is 0 Å². The molecule has 1 aromatic heterocycles. The number of fused-ring (bicyclic) bond motifs is 1. The quantitative estimate of drug-likeness (QED) is 0.655. The highest BCUT2D eigenvalue weighted by atomic mass is 32.2. The fourth-order valence-electron chi connectivity index (χ4n) is 2.13. The molecule has 0 atom stereocenters. The number of hydrogen-bond donors (Lipinski definition) is 2. The molecule has 3 aromatic rings. The van der Waals surface area contributed by atoms with E-state index in [4.69, 9.17) is 5.11 Å². The van der Waals surface area contributed by atoms with E-state index in [9.17, 15) is 13.2 Å². The van der Waals surface area contributed by atoms with Gasteiger partial charge in [-0.15, -0.1) is 0 Å². The number of aliphatic hydroxyl groups is 1. The predicted octanol–water partition coefficient (Wildman–Crippen LogP) is 1.50. The summed E-state index contributed by atoms with van der Waals surface area (Å²) in [5.74, 6) is -0.0934. The zero-order chi connectivity index (χ0) is 17.2. The first-order valence-electron chi connectivity index (χ1n) is 7.07. The van der Waals surface area contributed by atoms with Gasteiger partial charge in [-0.25, -0.2) is 4.98 Å². The van der Waals surface area contributed by atoms with Gasteiger partial charge in [-0.05, 0) is 18.2 Å². The van der Waals surface area contributed by atoms with E-state index in [2.05, 4.69) is 14.2 Å². The summed E-state index contributed by atoms with van der Waals surface area (Å²) in [7, 11) is -4.09. The minimum Gasteiger partial charge on any atom is -0.388 e. The molecule has 7 nitrogen and oxygen atoms in total. The maximum atomic E-state index is 12.1. The molecule has 0 unspecified atom stereocenters. The SMILES string of the molecule is O=C(CO)COS(=O)(=O)c1ccc2nc(-c3ccccc3)[nH]c2c1. The molecule has 0 amide bonds. The highest BCUT2D eigenvalue weighted by Crippen LogP contribution is 2.23. The number of aliphatic hydroxyl groups excluding tert-OH is 1. The topological polar surface area (TPSA) is 109 Å². The molecule has 0 bridgehead atoms. The van der Waals surface area contributed by atoms with Crippen molar-refractivity contribution >= 4 is 26.9 Å². The second-order valence-electron chi connectivity index (χ2n) is 5.04. The predicted molar refractivity (Wildman–Crippen MR) is 86.8 cm³/mol. The second kappa shape index (κ2) is 6.52. The van der Waals surface area contributed by atoms with Crippen molar-refractivity contribution in [1.29, 1.82) is 0 Å². The Hall–Kier alpha value is -2.55. The van der Waals surface area contributed by atoms with Gasteiger partial charge in [-0.3, -0.25) is 8.98 Å². The minimum absolute atomic E-state index is 0.0935. The van der Waals surface area contributed by atoms with Crippen molar-refractivity contribution < 1.29 is 22.5 Å². The van der Waals surface area contributed by atoms with Gasteiger partial charge < -0.3 is 10.1 Å². The van der Waals surface area contributed by atoms with Crippen LogP contribution in [0.15, 0.2) is 53.4 Å². The Morgan fingerprint density at radius 1 is 1.17 bits per heavy atom. The number of H-pyrrole nitrogens is 1. The van der Waals surface area contributed by atoms with Crippen molar-refractivity contribution in [3.8, 4) is 11.4 Å². The van der Waals surface area contributed by atoms with Gasteiger partial charge in [-0.2, -0.15) is 8.42 Å². The number of imidazole rings is 1. The number of benzene rings is 2. The lowest BCUT2D eigenvalue weighted by atomic mass is 10.2. The van der Waals surface area contributed by atoms with E-state index >= 15 is 0 Å². The lowest BCUT2D eigenvalue weighted by Gasteiger charge is -2.04. The molecule has 0 fully saturated rings. The number of nitrogens with one attached hydrogen (secondary N) is 1. The van der Waals surface area contributed by atoms with Crippen LogP contribution in [0.3, 0.4) is 0 Å². The summed E-state index contributed by atoms with van der Waals surface area (Å²) in [5, 5.41) is 8.62. The minimum atomic E-state index is -4.09. The Morgan fingerprint density at radius 3 is 2.62 bits per heavy atom. The van der Waals surface area contributed by atoms with Crippen molar-refractivity contribution in [1.82, 2.24) is 9.97 Å². The number of Topliss-reactive ketones (excluding diaryl/α,β-unsaturated/α-hetero) is 1. The number of aromatic amines is 1. The summed E-state index contributed by atoms with van der Waals surface area (Å²) in [5.41, 5.74) is 2.02. The highest BCUT2D eigenvalue weighted by Gasteiger charge is 2.18. The van der Waals surface area contributed by atoms with Crippen LogP contribution >= 0.6 is 0 Å². The molecule has 24 heavy (non-hydrogen) atoms. The third-order valence-electron chi connectivity index (χ3n) is 3.34. The number of carbonyl (C=O) groups is 1. The molecule has 0 aliphatic rings. The molecule has 124 valence electrons. The molecule has 0 saturated heterocycles. The fraction of sp³-hybridized carbons (Fsp3) is 0.125. The summed E-state index contributed by atoms with van der Waals surface area (Å²) >= 11 is 0. The highest BCUT2D eigenvalue weighted by molar-refractivity contribution is 7.86. The van der Waals surface area contributed by atoms with Crippen molar-refractivity contribution in [2.75, 3.05) is 13.2 Å². The molecule has 0 spiro atoms. The molecule has 2 N–H and O–H groups in total. The van der Waals surface area contributed by atoms with Crippen LogP contribution in [0, 0.1) is 0 Å². The average molecular weight is 346 g/mol. The molecule has 0 saturated carbocycles. The van der Waals surface area contributed by atoms with Gasteiger partial charge >= 0.3 is 0 Å². The molecule has 0 aliphatic carbocycles. The summed E-state index contributed by atoms with van der Waals surface area (Å²) in [4.78, 5) is 18.4. The largest absolute Gasteiger partial charge is 0.388 e. The Kier molecular flexibility index (Phi) is 4.43. The normalized spacial score (nSPS) is 11.7. The maximum Gasteiger partial charge on any atom is 0.297 e. The summed E-state index contributed by atoms with van der Waals surface area (Å²) in [6.45, 7) is -1.47. The van der Waals surface area contributed by atoms with E-state index in [-0.39, 0.29) is 4.90 Å². The molecule has 0 aliphatic heterocycles. The molecule has 0 radical (unpaired) electrons. The molecular weight excluding hydrogens is 332 g/mol. The molecule has 1 heterocycles. The first-order valence-corrected chi connectivity index (χ1v) is 8.47. The third kappa shape index (κ3) is 3.35. The second-order valence-corrected chi connectivity index (χ2v) is 6.66. The van der Waals surface area contributed by atoms with Gasteiger partial charge in [-0.1, -0.05) is 30.3 Å². The van der Waals surface area contributed by atoms with E-state index in [0.717, 1.165) is 5.56 Å². The van der Waals surface area contributed by atoms with E-state index in [0.29, 0.717) is 16.9 Å². The molecular formula is C16H14N2O5S. The van der Waals surface area contributed by atoms with E-state index in [1.807, 2.05) is 30.3 Å². The molecule has 2 aromatic carbocycles. The number of hydrogen-bond acceptors (Lipinski definition) is 6. The number of rotatable bonds is 6. The lowest BCUT2D eigenvalue weighted by molar-refractivity contribution is -0.123. The van der Waals surface area contributed by atoms with Crippen molar-refractivity contribution in [2.45, 2.75) is 4.90 Å². The van der Waals surface area contributed by atoms with E-state index < -0.39 is 29.1 Å². The lowest BCUT2D eigenvalue weighted by Crippen LogP contribution is -2.17. The summed E-state index contributed by atoms with van der Waals surface area (Å²) < 4.78 is 28.8. The molecule has 8 heteroatoms. The first kappa shape index (κ1) is 16.3. The van der Waals surface area contributed by atoms with Gasteiger partial charge in [0.15, 0.2) is 5.78 Å². The number of aromatic nitrogens is 2. The van der Waals surface area contributed by atoms with Gasteiger partial charge in [0, 0.05) is 5.56 Å². The smallest absolute Gasteiger partial charge is 0.297 e. The Balaban J connectivity index is 1.92. The van der Waals surface area contributed by atoms with Gasteiger partial charge in [0.25, 0.3) is 10.1 Å². The van der Waals surface area contributed by atoms with Crippen LogP contribution in [-0.2, 0) is 19.1 Å². The Morgan fingerprint density at radius 2 is 1.92 bits per heavy atom. The van der Waals surface area contributed by atoms with Crippen molar-refractivity contribution in [2.24, 2.45) is 0 Å². The Labute approximate surface area is 138 Å². The number of ketones is 1. The van der Waals surface area contributed by atoms with Crippen molar-refractivity contribution in [3.63, 3.8) is 0 Å². The van der Waals surface area contributed by atoms with Crippen LogP contribution in [0.25, 0.3) is 22.4 Å². The zero-order valence-electron chi connectivity index (χ0n) is 12.5.